The molecular formula is C14H21FN2O3S. The molecule has 0 radical (unpaired) electrons. The molecule has 0 aliphatic carbocycles. The molecule has 118 valence electrons. The average molecular weight is 316 g/mol. The predicted molar refractivity (Wildman–Crippen MR) is 78.9 cm³/mol. The molecular weight excluding hydrogens is 295 g/mol. The van der Waals surface area contributed by atoms with Crippen molar-refractivity contribution in [2.45, 2.75) is 31.6 Å². The maximum atomic E-state index is 13.3. The van der Waals surface area contributed by atoms with Crippen LogP contribution in [0.15, 0.2) is 17.0 Å². The van der Waals surface area contributed by atoms with E-state index in [1.165, 1.54) is 6.07 Å². The molecule has 0 amide bonds. The average Bonchev–Trinajstić information content (AvgIpc) is 2.42. The molecule has 0 spiro atoms. The Bertz CT molecular complexity index is 625. The van der Waals surface area contributed by atoms with E-state index in [1.807, 2.05) is 6.92 Å². The van der Waals surface area contributed by atoms with Crippen LogP contribution in [-0.2, 0) is 14.8 Å². The number of hydrogen-bond donors (Lipinski definition) is 2. The molecule has 7 heteroatoms. The van der Waals surface area contributed by atoms with Gasteiger partial charge in [0.25, 0.3) is 0 Å². The number of hydrogen-bond acceptors (Lipinski definition) is 4. The van der Waals surface area contributed by atoms with Gasteiger partial charge in [-0.1, -0.05) is 6.92 Å². The van der Waals surface area contributed by atoms with Gasteiger partial charge in [0, 0.05) is 19.8 Å². The summed E-state index contributed by atoms with van der Waals surface area (Å²) in [4.78, 5) is 0.0251. The van der Waals surface area contributed by atoms with E-state index in [9.17, 15) is 12.8 Å². The molecule has 1 fully saturated rings. The minimum atomic E-state index is -3.71. The number of nitrogens with two attached hydrogens (primary N) is 1. The SMILES string of the molecule is Cc1cc(F)c(N)cc1S(=O)(=O)NCC1(C)CCOCC1. The summed E-state index contributed by atoms with van der Waals surface area (Å²) in [6.07, 6.45) is 1.61. The third-order valence-electron chi connectivity index (χ3n) is 3.97. The fourth-order valence-electron chi connectivity index (χ4n) is 2.35. The van der Waals surface area contributed by atoms with Crippen LogP contribution >= 0.6 is 0 Å². The van der Waals surface area contributed by atoms with Crippen molar-refractivity contribution in [2.75, 3.05) is 25.5 Å². The molecule has 21 heavy (non-hydrogen) atoms. The van der Waals surface area contributed by atoms with E-state index in [-0.39, 0.29) is 16.0 Å². The van der Waals surface area contributed by atoms with Crippen molar-refractivity contribution in [1.29, 1.82) is 0 Å². The van der Waals surface area contributed by atoms with Crippen LogP contribution in [0.25, 0.3) is 0 Å². The van der Waals surface area contributed by atoms with Crippen molar-refractivity contribution < 1.29 is 17.5 Å². The lowest BCUT2D eigenvalue weighted by Crippen LogP contribution is -2.39. The minimum absolute atomic E-state index is 0.0251. The monoisotopic (exact) mass is 316 g/mol. The molecule has 2 rings (SSSR count). The van der Waals surface area contributed by atoms with Gasteiger partial charge in [-0.15, -0.1) is 0 Å². The number of anilines is 1. The molecule has 1 heterocycles. The fourth-order valence-corrected chi connectivity index (χ4v) is 3.80. The van der Waals surface area contributed by atoms with Crippen LogP contribution in [-0.4, -0.2) is 28.2 Å². The summed E-state index contributed by atoms with van der Waals surface area (Å²) >= 11 is 0. The molecule has 0 atom stereocenters. The maximum absolute atomic E-state index is 13.3. The molecule has 1 aliphatic rings. The number of sulfonamides is 1. The molecule has 1 aromatic rings. The van der Waals surface area contributed by atoms with Crippen molar-refractivity contribution in [2.24, 2.45) is 5.41 Å². The molecule has 0 aromatic heterocycles. The van der Waals surface area contributed by atoms with Crippen LogP contribution < -0.4 is 10.5 Å². The Hall–Kier alpha value is -1.18. The molecule has 1 aliphatic heterocycles. The smallest absolute Gasteiger partial charge is 0.240 e. The lowest BCUT2D eigenvalue weighted by Gasteiger charge is -2.33. The van der Waals surface area contributed by atoms with Crippen molar-refractivity contribution in [3.05, 3.63) is 23.5 Å². The van der Waals surface area contributed by atoms with Gasteiger partial charge in [0.15, 0.2) is 0 Å². The number of ether oxygens (including phenoxy) is 1. The standard InChI is InChI=1S/C14H21FN2O3S/c1-10-7-11(15)12(16)8-13(10)21(18,19)17-9-14(2)3-5-20-6-4-14/h7-8,17H,3-6,9,16H2,1-2H3. The number of nitrogen functional groups attached to an aromatic ring is 1. The zero-order valence-corrected chi connectivity index (χ0v) is 13.1. The zero-order chi connectivity index (χ0) is 15.7. The van der Waals surface area contributed by atoms with Gasteiger partial charge in [0.2, 0.25) is 10.0 Å². The third-order valence-corrected chi connectivity index (χ3v) is 5.52. The number of aryl methyl sites for hydroxylation is 1. The summed E-state index contributed by atoms with van der Waals surface area (Å²) in [6, 6.07) is 2.30. The van der Waals surface area contributed by atoms with Crippen molar-refractivity contribution >= 4 is 15.7 Å². The van der Waals surface area contributed by atoms with E-state index in [2.05, 4.69) is 4.72 Å². The van der Waals surface area contributed by atoms with Crippen LogP contribution in [0.5, 0.6) is 0 Å². The van der Waals surface area contributed by atoms with Gasteiger partial charge in [0.05, 0.1) is 10.6 Å². The Balaban J connectivity index is 2.17. The lowest BCUT2D eigenvalue weighted by molar-refractivity contribution is 0.0264. The summed E-state index contributed by atoms with van der Waals surface area (Å²) in [7, 11) is -3.71. The highest BCUT2D eigenvalue weighted by Gasteiger charge is 2.30. The number of nitrogens with one attached hydrogen (secondary N) is 1. The van der Waals surface area contributed by atoms with Crippen LogP contribution in [0.4, 0.5) is 10.1 Å². The van der Waals surface area contributed by atoms with E-state index in [4.69, 9.17) is 10.5 Å². The first-order valence-electron chi connectivity index (χ1n) is 6.87. The largest absolute Gasteiger partial charge is 0.396 e. The Morgan fingerprint density at radius 3 is 2.62 bits per heavy atom. The second kappa shape index (κ2) is 5.90. The van der Waals surface area contributed by atoms with Gasteiger partial charge < -0.3 is 10.5 Å². The van der Waals surface area contributed by atoms with Crippen LogP contribution in [0, 0.1) is 18.2 Å². The van der Waals surface area contributed by atoms with Gasteiger partial charge >= 0.3 is 0 Å². The summed E-state index contributed by atoms with van der Waals surface area (Å²) < 4.78 is 46.0. The van der Waals surface area contributed by atoms with Crippen LogP contribution in [0.3, 0.4) is 0 Å². The second-order valence-corrected chi connectivity index (χ2v) is 7.62. The molecule has 0 bridgehead atoms. The number of rotatable bonds is 4. The minimum Gasteiger partial charge on any atom is -0.396 e. The maximum Gasteiger partial charge on any atom is 0.240 e. The Labute approximate surface area is 124 Å². The molecule has 0 saturated carbocycles. The van der Waals surface area contributed by atoms with Gasteiger partial charge in [0.1, 0.15) is 5.82 Å². The summed E-state index contributed by atoms with van der Waals surface area (Å²) in [5.41, 5.74) is 5.52. The highest BCUT2D eigenvalue weighted by molar-refractivity contribution is 7.89. The van der Waals surface area contributed by atoms with Crippen molar-refractivity contribution in [3.8, 4) is 0 Å². The first kappa shape index (κ1) is 16.2. The third kappa shape index (κ3) is 3.72. The molecule has 3 N–H and O–H groups in total. The van der Waals surface area contributed by atoms with Gasteiger partial charge in [-0.2, -0.15) is 0 Å². The summed E-state index contributed by atoms with van der Waals surface area (Å²) in [6.45, 7) is 5.19. The number of halogens is 1. The van der Waals surface area contributed by atoms with Gasteiger partial charge in [-0.3, -0.25) is 0 Å². The van der Waals surface area contributed by atoms with Crippen LogP contribution in [0.2, 0.25) is 0 Å². The zero-order valence-electron chi connectivity index (χ0n) is 12.3. The van der Waals surface area contributed by atoms with E-state index in [0.29, 0.717) is 25.3 Å². The van der Waals surface area contributed by atoms with Gasteiger partial charge in [-0.05, 0) is 42.9 Å². The quantitative estimate of drug-likeness (QED) is 0.830. The normalized spacial score (nSPS) is 18.6. The van der Waals surface area contributed by atoms with E-state index in [1.54, 1.807) is 6.92 Å². The van der Waals surface area contributed by atoms with Crippen molar-refractivity contribution in [1.82, 2.24) is 4.72 Å². The number of benzene rings is 1. The van der Waals surface area contributed by atoms with Gasteiger partial charge in [-0.25, -0.2) is 17.5 Å². The topological polar surface area (TPSA) is 81.4 Å². The Morgan fingerprint density at radius 1 is 1.38 bits per heavy atom. The second-order valence-electron chi connectivity index (χ2n) is 5.89. The van der Waals surface area contributed by atoms with Crippen molar-refractivity contribution in [3.63, 3.8) is 0 Å². The van der Waals surface area contributed by atoms with Crippen LogP contribution in [0.1, 0.15) is 25.3 Å². The predicted octanol–water partition coefficient (Wildman–Crippen LogP) is 1.81. The fraction of sp³-hybridized carbons (Fsp3) is 0.571. The van der Waals surface area contributed by atoms with E-state index < -0.39 is 15.8 Å². The summed E-state index contributed by atoms with van der Waals surface area (Å²) in [5, 5.41) is 0. The van der Waals surface area contributed by atoms with E-state index >= 15 is 0 Å². The molecule has 5 nitrogen and oxygen atoms in total. The highest BCUT2D eigenvalue weighted by Crippen LogP contribution is 2.29. The first-order chi connectivity index (χ1) is 9.73. The Kier molecular flexibility index (Phi) is 4.55. The Morgan fingerprint density at radius 2 is 2.00 bits per heavy atom. The first-order valence-corrected chi connectivity index (χ1v) is 8.35. The lowest BCUT2D eigenvalue weighted by atomic mass is 9.83. The molecule has 1 aromatic carbocycles. The van der Waals surface area contributed by atoms with E-state index in [0.717, 1.165) is 18.9 Å². The highest BCUT2D eigenvalue weighted by atomic mass is 32.2. The molecule has 1 saturated heterocycles. The molecule has 0 unspecified atom stereocenters. The summed E-state index contributed by atoms with van der Waals surface area (Å²) in [5.74, 6) is -0.608.